The van der Waals surface area contributed by atoms with Gasteiger partial charge in [0.2, 0.25) is 5.76 Å². The lowest BCUT2D eigenvalue weighted by Gasteiger charge is -2.08. The van der Waals surface area contributed by atoms with Crippen molar-refractivity contribution in [2.24, 2.45) is 0 Å². The van der Waals surface area contributed by atoms with Crippen molar-refractivity contribution in [3.8, 4) is 0 Å². The van der Waals surface area contributed by atoms with E-state index in [0.717, 1.165) is 0 Å². The van der Waals surface area contributed by atoms with E-state index in [4.69, 9.17) is 9.52 Å². The van der Waals surface area contributed by atoms with E-state index in [0.29, 0.717) is 5.56 Å². The van der Waals surface area contributed by atoms with Crippen molar-refractivity contribution in [1.29, 1.82) is 0 Å². The van der Waals surface area contributed by atoms with Crippen LogP contribution in [0.1, 0.15) is 28.0 Å². The zero-order valence-electron chi connectivity index (χ0n) is 8.93. The highest BCUT2D eigenvalue weighted by Crippen LogP contribution is 2.27. The molecule has 0 aliphatic carbocycles. The summed E-state index contributed by atoms with van der Waals surface area (Å²) in [7, 11) is 0. The van der Waals surface area contributed by atoms with E-state index in [1.165, 1.54) is 30.3 Å². The highest BCUT2D eigenvalue weighted by atomic mass is 79.9. The Morgan fingerprint density at radius 2 is 2.06 bits per heavy atom. The topological polar surface area (TPSA) is 70.7 Å². The van der Waals surface area contributed by atoms with E-state index in [1.807, 2.05) is 0 Å². The maximum Gasteiger partial charge on any atom is 0.371 e. The molecule has 0 saturated carbocycles. The van der Waals surface area contributed by atoms with Crippen LogP contribution < -0.4 is 0 Å². The smallest absolute Gasteiger partial charge is 0.371 e. The molecule has 0 bridgehead atoms. The number of hydrogen-bond acceptors (Lipinski definition) is 3. The van der Waals surface area contributed by atoms with Gasteiger partial charge in [0.15, 0.2) is 0 Å². The second kappa shape index (κ2) is 4.91. The van der Waals surface area contributed by atoms with Gasteiger partial charge in [0.1, 0.15) is 17.7 Å². The Labute approximate surface area is 110 Å². The van der Waals surface area contributed by atoms with Crippen LogP contribution in [0.15, 0.2) is 39.2 Å². The van der Waals surface area contributed by atoms with E-state index in [-0.39, 0.29) is 16.0 Å². The molecule has 0 aliphatic rings. The first-order chi connectivity index (χ1) is 8.49. The molecule has 1 atom stereocenters. The Morgan fingerprint density at radius 1 is 1.33 bits per heavy atom. The molecule has 1 heterocycles. The SMILES string of the molecule is O=C(O)c1ccc(C(O)c2ccc(F)c(Br)c2)o1. The van der Waals surface area contributed by atoms with Gasteiger partial charge in [0.25, 0.3) is 0 Å². The van der Waals surface area contributed by atoms with Crippen molar-refractivity contribution in [3.63, 3.8) is 0 Å². The molecule has 1 unspecified atom stereocenters. The highest BCUT2D eigenvalue weighted by Gasteiger charge is 2.18. The summed E-state index contributed by atoms with van der Waals surface area (Å²) in [6, 6.07) is 6.62. The van der Waals surface area contributed by atoms with Crippen LogP contribution in [-0.4, -0.2) is 16.2 Å². The first-order valence-corrected chi connectivity index (χ1v) is 5.74. The van der Waals surface area contributed by atoms with Gasteiger partial charge in [-0.1, -0.05) is 6.07 Å². The molecule has 0 amide bonds. The van der Waals surface area contributed by atoms with Crippen LogP contribution in [0, 0.1) is 5.82 Å². The molecule has 0 spiro atoms. The Bertz CT molecular complexity index is 594. The van der Waals surface area contributed by atoms with Gasteiger partial charge in [-0.3, -0.25) is 0 Å². The van der Waals surface area contributed by atoms with Crippen molar-refractivity contribution < 1.29 is 23.8 Å². The van der Waals surface area contributed by atoms with Crippen LogP contribution >= 0.6 is 15.9 Å². The fourth-order valence-electron chi connectivity index (χ4n) is 1.46. The average molecular weight is 315 g/mol. The van der Waals surface area contributed by atoms with Gasteiger partial charge >= 0.3 is 5.97 Å². The molecule has 1 aromatic carbocycles. The van der Waals surface area contributed by atoms with Crippen molar-refractivity contribution in [2.75, 3.05) is 0 Å². The number of halogens is 2. The molecule has 4 nitrogen and oxygen atoms in total. The van der Waals surface area contributed by atoms with E-state index in [2.05, 4.69) is 15.9 Å². The first-order valence-electron chi connectivity index (χ1n) is 4.95. The first kappa shape index (κ1) is 12.8. The number of furan rings is 1. The summed E-state index contributed by atoms with van der Waals surface area (Å²) in [4.78, 5) is 10.6. The summed E-state index contributed by atoms with van der Waals surface area (Å²) in [6.07, 6.45) is -1.14. The quantitative estimate of drug-likeness (QED) is 0.913. The number of benzene rings is 1. The number of carbonyl (C=O) groups is 1. The van der Waals surface area contributed by atoms with Crippen molar-refractivity contribution in [1.82, 2.24) is 0 Å². The van der Waals surface area contributed by atoms with Gasteiger partial charge in [0, 0.05) is 0 Å². The normalized spacial score (nSPS) is 12.4. The molecule has 0 radical (unpaired) electrons. The monoisotopic (exact) mass is 314 g/mol. The van der Waals surface area contributed by atoms with Crippen molar-refractivity contribution in [2.45, 2.75) is 6.10 Å². The van der Waals surface area contributed by atoms with Gasteiger partial charge in [-0.15, -0.1) is 0 Å². The Balaban J connectivity index is 2.31. The second-order valence-electron chi connectivity index (χ2n) is 3.58. The van der Waals surface area contributed by atoms with Gasteiger partial charge < -0.3 is 14.6 Å². The second-order valence-corrected chi connectivity index (χ2v) is 4.44. The molecule has 94 valence electrons. The Morgan fingerprint density at radius 3 is 2.61 bits per heavy atom. The Hall–Kier alpha value is -1.66. The molecular weight excluding hydrogens is 307 g/mol. The molecule has 1 aromatic heterocycles. The summed E-state index contributed by atoms with van der Waals surface area (Å²) < 4.78 is 18.2. The number of aliphatic hydroxyl groups excluding tert-OH is 1. The highest BCUT2D eigenvalue weighted by molar-refractivity contribution is 9.10. The maximum absolute atomic E-state index is 13.0. The summed E-state index contributed by atoms with van der Waals surface area (Å²) in [5.41, 5.74) is 0.398. The van der Waals surface area contributed by atoms with Crippen LogP contribution in [0.5, 0.6) is 0 Å². The van der Waals surface area contributed by atoms with Crippen LogP contribution in [-0.2, 0) is 0 Å². The zero-order valence-corrected chi connectivity index (χ0v) is 10.5. The minimum absolute atomic E-state index is 0.0888. The van der Waals surface area contributed by atoms with E-state index in [9.17, 15) is 14.3 Å². The molecule has 0 aliphatic heterocycles. The van der Waals surface area contributed by atoms with Gasteiger partial charge in [0.05, 0.1) is 4.47 Å². The largest absolute Gasteiger partial charge is 0.475 e. The van der Waals surface area contributed by atoms with Gasteiger partial charge in [-0.2, -0.15) is 0 Å². The van der Waals surface area contributed by atoms with E-state index < -0.39 is 17.9 Å². The predicted molar refractivity (Wildman–Crippen MR) is 63.8 cm³/mol. The molecule has 0 fully saturated rings. The third-order valence-corrected chi connectivity index (χ3v) is 2.97. The number of aliphatic hydroxyl groups is 1. The van der Waals surface area contributed by atoms with Crippen LogP contribution in [0.2, 0.25) is 0 Å². The molecule has 18 heavy (non-hydrogen) atoms. The number of hydrogen-bond donors (Lipinski definition) is 2. The fourth-order valence-corrected chi connectivity index (χ4v) is 1.86. The minimum Gasteiger partial charge on any atom is -0.475 e. The summed E-state index contributed by atoms with van der Waals surface area (Å²) >= 11 is 3.00. The summed E-state index contributed by atoms with van der Waals surface area (Å²) in [5.74, 6) is -1.83. The molecule has 0 saturated heterocycles. The molecule has 6 heteroatoms. The standard InChI is InChI=1S/C12H8BrFO4/c13-7-5-6(1-2-8(7)14)11(15)9-3-4-10(18-9)12(16)17/h1-5,11,15H,(H,16,17). The molecule has 2 aromatic rings. The molecular formula is C12H8BrFO4. The lowest BCUT2D eigenvalue weighted by Crippen LogP contribution is -1.99. The third-order valence-electron chi connectivity index (χ3n) is 2.37. The fraction of sp³-hybridized carbons (Fsp3) is 0.0833. The number of rotatable bonds is 3. The van der Waals surface area contributed by atoms with E-state index in [1.54, 1.807) is 0 Å². The zero-order chi connectivity index (χ0) is 13.3. The van der Waals surface area contributed by atoms with Crippen molar-refractivity contribution >= 4 is 21.9 Å². The van der Waals surface area contributed by atoms with Crippen molar-refractivity contribution in [3.05, 3.63) is 57.7 Å². The predicted octanol–water partition coefficient (Wildman–Crippen LogP) is 2.96. The number of carboxylic acid groups (broad SMARTS) is 1. The summed E-state index contributed by atoms with van der Waals surface area (Å²) in [5, 5.41) is 18.7. The molecule has 2 rings (SSSR count). The lowest BCUT2D eigenvalue weighted by atomic mass is 10.1. The molecule has 2 N–H and O–H groups in total. The van der Waals surface area contributed by atoms with Crippen LogP contribution in [0.25, 0.3) is 0 Å². The Kier molecular flexibility index (Phi) is 3.49. The third kappa shape index (κ3) is 2.44. The summed E-state index contributed by atoms with van der Waals surface area (Å²) in [6.45, 7) is 0. The van der Waals surface area contributed by atoms with Crippen LogP contribution in [0.4, 0.5) is 4.39 Å². The lowest BCUT2D eigenvalue weighted by molar-refractivity contribution is 0.0655. The average Bonchev–Trinajstić information content (AvgIpc) is 2.81. The maximum atomic E-state index is 13.0. The number of aromatic carboxylic acids is 1. The van der Waals surface area contributed by atoms with Gasteiger partial charge in [-0.05, 0) is 45.8 Å². The number of carboxylic acids is 1. The van der Waals surface area contributed by atoms with E-state index >= 15 is 0 Å². The van der Waals surface area contributed by atoms with Crippen LogP contribution in [0.3, 0.4) is 0 Å². The minimum atomic E-state index is -1.21. The van der Waals surface area contributed by atoms with Gasteiger partial charge in [-0.25, -0.2) is 9.18 Å².